The Bertz CT molecular complexity index is 857. The van der Waals surface area contributed by atoms with E-state index in [4.69, 9.17) is 16.3 Å². The number of ether oxygens (including phenoxy) is 1. The van der Waals surface area contributed by atoms with E-state index in [1.807, 2.05) is 54.6 Å². The fourth-order valence-corrected chi connectivity index (χ4v) is 2.29. The summed E-state index contributed by atoms with van der Waals surface area (Å²) in [5, 5.41) is 3.67. The Morgan fingerprint density at radius 3 is 2.16 bits per heavy atom. The zero-order chi connectivity index (χ0) is 17.5. The highest BCUT2D eigenvalue weighted by molar-refractivity contribution is 6.30. The predicted octanol–water partition coefficient (Wildman–Crippen LogP) is 5.94. The summed E-state index contributed by atoms with van der Waals surface area (Å²) in [7, 11) is 0. The third-order valence-electron chi connectivity index (χ3n) is 3.45. The Hall–Kier alpha value is -3.04. The number of allylic oxidation sites excluding steroid dienone is 1. The molecule has 3 aromatic rings. The van der Waals surface area contributed by atoms with Crippen molar-refractivity contribution in [3.05, 3.63) is 102 Å². The first-order valence-electron chi connectivity index (χ1n) is 7.77. The van der Waals surface area contributed by atoms with E-state index in [-0.39, 0.29) is 5.78 Å². The van der Waals surface area contributed by atoms with Gasteiger partial charge in [-0.3, -0.25) is 4.79 Å². The number of carbonyl (C=O) groups excluding carboxylic acids is 1. The summed E-state index contributed by atoms with van der Waals surface area (Å²) in [6.07, 6.45) is 3.10. The summed E-state index contributed by atoms with van der Waals surface area (Å²) < 4.78 is 5.73. The Morgan fingerprint density at radius 2 is 1.48 bits per heavy atom. The van der Waals surface area contributed by atoms with Crippen LogP contribution in [-0.2, 0) is 0 Å². The molecule has 3 aromatic carbocycles. The van der Waals surface area contributed by atoms with Gasteiger partial charge in [0.25, 0.3) is 0 Å². The van der Waals surface area contributed by atoms with Gasteiger partial charge in [-0.2, -0.15) is 0 Å². The molecule has 0 spiro atoms. The van der Waals surface area contributed by atoms with Gasteiger partial charge in [-0.1, -0.05) is 29.8 Å². The normalized spacial score (nSPS) is 10.6. The fourth-order valence-electron chi connectivity index (χ4n) is 2.17. The molecule has 3 rings (SSSR count). The van der Waals surface area contributed by atoms with Crippen LogP contribution in [0.4, 0.5) is 5.69 Å². The van der Waals surface area contributed by atoms with Crippen molar-refractivity contribution in [1.29, 1.82) is 0 Å². The highest BCUT2D eigenvalue weighted by Gasteiger charge is 2.01. The number of ketones is 1. The summed E-state index contributed by atoms with van der Waals surface area (Å²) in [5.74, 6) is 1.45. The maximum absolute atomic E-state index is 12.0. The topological polar surface area (TPSA) is 38.3 Å². The smallest absolute Gasteiger partial charge is 0.187 e. The molecule has 0 heterocycles. The first-order chi connectivity index (χ1) is 12.2. The number of hydrogen-bond acceptors (Lipinski definition) is 3. The Morgan fingerprint density at radius 1 is 0.840 bits per heavy atom. The molecule has 0 fully saturated rings. The van der Waals surface area contributed by atoms with Crippen molar-refractivity contribution in [2.75, 3.05) is 5.32 Å². The predicted molar refractivity (Wildman–Crippen MR) is 102 cm³/mol. The molecule has 0 aromatic heterocycles. The Kier molecular flexibility index (Phi) is 5.50. The highest BCUT2D eigenvalue weighted by Crippen LogP contribution is 2.22. The minimum Gasteiger partial charge on any atom is -0.457 e. The molecular formula is C21H16ClNO2. The van der Waals surface area contributed by atoms with Gasteiger partial charge in [0.15, 0.2) is 5.78 Å². The van der Waals surface area contributed by atoms with Crippen LogP contribution in [0.25, 0.3) is 0 Å². The number of benzene rings is 3. The summed E-state index contributed by atoms with van der Waals surface area (Å²) in [6, 6.07) is 23.9. The van der Waals surface area contributed by atoms with Crippen LogP contribution in [-0.4, -0.2) is 5.78 Å². The van der Waals surface area contributed by atoms with Crippen molar-refractivity contribution in [2.24, 2.45) is 0 Å². The molecule has 0 saturated carbocycles. The van der Waals surface area contributed by atoms with Crippen LogP contribution in [0.3, 0.4) is 0 Å². The van der Waals surface area contributed by atoms with Gasteiger partial charge in [0.2, 0.25) is 0 Å². The molecule has 124 valence electrons. The average molecular weight is 350 g/mol. The lowest BCUT2D eigenvalue weighted by molar-refractivity contribution is 0.104. The quantitative estimate of drug-likeness (QED) is 0.442. The maximum Gasteiger partial charge on any atom is 0.187 e. The van der Waals surface area contributed by atoms with Crippen LogP contribution in [0.15, 0.2) is 91.1 Å². The van der Waals surface area contributed by atoms with Gasteiger partial charge in [-0.05, 0) is 60.7 Å². The summed E-state index contributed by atoms with van der Waals surface area (Å²) >= 11 is 5.81. The third kappa shape index (κ3) is 4.96. The van der Waals surface area contributed by atoms with Crippen LogP contribution >= 0.6 is 11.6 Å². The van der Waals surface area contributed by atoms with Crippen molar-refractivity contribution in [3.63, 3.8) is 0 Å². The summed E-state index contributed by atoms with van der Waals surface area (Å²) in [4.78, 5) is 12.0. The molecule has 0 unspecified atom stereocenters. The molecule has 0 amide bonds. The molecule has 0 saturated heterocycles. The van der Waals surface area contributed by atoms with E-state index >= 15 is 0 Å². The number of anilines is 1. The second-order valence-corrected chi connectivity index (χ2v) is 5.72. The third-order valence-corrected chi connectivity index (χ3v) is 3.70. The highest BCUT2D eigenvalue weighted by atomic mass is 35.5. The molecule has 3 nitrogen and oxygen atoms in total. The minimum atomic E-state index is -0.0896. The number of nitrogens with one attached hydrogen (secondary N) is 1. The van der Waals surface area contributed by atoms with Crippen molar-refractivity contribution < 1.29 is 9.53 Å². The molecule has 0 bridgehead atoms. The molecule has 0 atom stereocenters. The van der Waals surface area contributed by atoms with Crippen molar-refractivity contribution in [1.82, 2.24) is 0 Å². The molecule has 25 heavy (non-hydrogen) atoms. The summed E-state index contributed by atoms with van der Waals surface area (Å²) in [5.41, 5.74) is 1.45. The first-order valence-corrected chi connectivity index (χ1v) is 8.14. The lowest BCUT2D eigenvalue weighted by atomic mass is 10.1. The average Bonchev–Trinajstić information content (AvgIpc) is 2.64. The molecular weight excluding hydrogens is 334 g/mol. The van der Waals surface area contributed by atoms with E-state index in [1.54, 1.807) is 30.5 Å². The van der Waals surface area contributed by atoms with E-state index in [9.17, 15) is 4.79 Å². The van der Waals surface area contributed by atoms with Crippen LogP contribution in [0.1, 0.15) is 10.4 Å². The number of rotatable bonds is 6. The van der Waals surface area contributed by atoms with Gasteiger partial charge in [-0.25, -0.2) is 0 Å². The summed E-state index contributed by atoms with van der Waals surface area (Å²) in [6.45, 7) is 0. The van der Waals surface area contributed by atoms with Crippen molar-refractivity contribution in [3.8, 4) is 11.5 Å². The van der Waals surface area contributed by atoms with E-state index in [1.165, 1.54) is 6.08 Å². The maximum atomic E-state index is 12.0. The van der Waals surface area contributed by atoms with E-state index in [0.717, 1.165) is 17.2 Å². The minimum absolute atomic E-state index is 0.0896. The van der Waals surface area contributed by atoms with Gasteiger partial charge in [0.1, 0.15) is 11.5 Å². The van der Waals surface area contributed by atoms with Gasteiger partial charge < -0.3 is 10.1 Å². The molecule has 4 heteroatoms. The number of hydrogen-bond donors (Lipinski definition) is 1. The number of carbonyl (C=O) groups is 1. The lowest BCUT2D eigenvalue weighted by Gasteiger charge is -2.06. The van der Waals surface area contributed by atoms with Crippen molar-refractivity contribution in [2.45, 2.75) is 0 Å². The second-order valence-electron chi connectivity index (χ2n) is 5.29. The fraction of sp³-hybridized carbons (Fsp3) is 0. The SMILES string of the molecule is O=C(/C=C/Nc1ccc(Oc2ccccc2)cc1)c1ccc(Cl)cc1. The molecule has 0 radical (unpaired) electrons. The van der Waals surface area contributed by atoms with E-state index in [2.05, 4.69) is 5.32 Å². The van der Waals surface area contributed by atoms with Crippen LogP contribution in [0.2, 0.25) is 5.02 Å². The standard InChI is InChI=1S/C21H16ClNO2/c22-17-8-6-16(7-9-17)21(24)14-15-23-18-10-12-20(13-11-18)25-19-4-2-1-3-5-19/h1-15,23H/b15-14+. The monoisotopic (exact) mass is 349 g/mol. The molecule has 0 aliphatic carbocycles. The zero-order valence-electron chi connectivity index (χ0n) is 13.4. The second kappa shape index (κ2) is 8.18. The van der Waals surface area contributed by atoms with Crippen LogP contribution in [0, 0.1) is 0 Å². The zero-order valence-corrected chi connectivity index (χ0v) is 14.1. The molecule has 0 aliphatic rings. The van der Waals surface area contributed by atoms with Crippen LogP contribution < -0.4 is 10.1 Å². The number of para-hydroxylation sites is 1. The molecule has 0 aliphatic heterocycles. The van der Waals surface area contributed by atoms with Gasteiger partial charge in [-0.15, -0.1) is 0 Å². The van der Waals surface area contributed by atoms with Crippen LogP contribution in [0.5, 0.6) is 11.5 Å². The first kappa shape index (κ1) is 16.8. The van der Waals surface area contributed by atoms with E-state index < -0.39 is 0 Å². The Balaban J connectivity index is 1.56. The Labute approximate surface area is 151 Å². The lowest BCUT2D eigenvalue weighted by Crippen LogP contribution is -1.96. The molecule has 1 N–H and O–H groups in total. The van der Waals surface area contributed by atoms with Gasteiger partial charge >= 0.3 is 0 Å². The van der Waals surface area contributed by atoms with Gasteiger partial charge in [0.05, 0.1) is 0 Å². The van der Waals surface area contributed by atoms with Crippen molar-refractivity contribution >= 4 is 23.1 Å². The number of halogens is 1. The van der Waals surface area contributed by atoms with Gasteiger partial charge in [0, 0.05) is 28.5 Å². The largest absolute Gasteiger partial charge is 0.457 e. The van der Waals surface area contributed by atoms with E-state index in [0.29, 0.717) is 10.6 Å².